The van der Waals surface area contributed by atoms with Crippen molar-refractivity contribution >= 4 is 29.4 Å². The summed E-state index contributed by atoms with van der Waals surface area (Å²) < 4.78 is 12.4. The van der Waals surface area contributed by atoms with Crippen molar-refractivity contribution in [3.63, 3.8) is 0 Å². The van der Waals surface area contributed by atoms with Gasteiger partial charge in [0.1, 0.15) is 23.7 Å². The van der Waals surface area contributed by atoms with Gasteiger partial charge >= 0.3 is 0 Å². The summed E-state index contributed by atoms with van der Waals surface area (Å²) in [5.74, 6) is -1.82. The SMILES string of the molecule is CC(=O)[C@]1(O)[C@H](OCc2ccccc2)[C@@H](N=[N+]=[N-])[C@H](Sc2ccccc2)O[C@@H]1CN1C(=O)c2ccccc2C1=O. The summed E-state index contributed by atoms with van der Waals surface area (Å²) in [4.78, 5) is 44.2. The van der Waals surface area contributed by atoms with Crippen LogP contribution in [0.25, 0.3) is 10.4 Å². The van der Waals surface area contributed by atoms with Gasteiger partial charge in [0.2, 0.25) is 0 Å². The summed E-state index contributed by atoms with van der Waals surface area (Å²) in [5.41, 5.74) is 7.41. The molecule has 5 rings (SSSR count). The first-order valence-electron chi connectivity index (χ1n) is 12.6. The van der Waals surface area contributed by atoms with Crippen LogP contribution in [0.3, 0.4) is 0 Å². The third-order valence-electron chi connectivity index (χ3n) is 7.06. The van der Waals surface area contributed by atoms with E-state index in [0.29, 0.717) is 0 Å². The summed E-state index contributed by atoms with van der Waals surface area (Å²) >= 11 is 1.22. The van der Waals surface area contributed by atoms with Crippen molar-refractivity contribution in [2.24, 2.45) is 5.11 Å². The average Bonchev–Trinajstić information content (AvgIpc) is 3.21. The number of azide groups is 1. The molecule has 3 aromatic rings. The van der Waals surface area contributed by atoms with E-state index in [2.05, 4.69) is 10.0 Å². The van der Waals surface area contributed by atoms with Gasteiger partial charge in [-0.2, -0.15) is 0 Å². The summed E-state index contributed by atoms with van der Waals surface area (Å²) in [6, 6.07) is 23.6. The molecule has 2 aliphatic rings. The minimum Gasteiger partial charge on any atom is -0.377 e. The van der Waals surface area contributed by atoms with Crippen LogP contribution in [0, 0.1) is 0 Å². The Morgan fingerprint density at radius 1 is 1.02 bits per heavy atom. The number of ketones is 1. The number of ether oxygens (including phenoxy) is 2. The zero-order chi connectivity index (χ0) is 28.3. The lowest BCUT2D eigenvalue weighted by molar-refractivity contribution is -0.228. The summed E-state index contributed by atoms with van der Waals surface area (Å²) in [6.45, 7) is 0.763. The van der Waals surface area contributed by atoms with Crippen LogP contribution in [0.4, 0.5) is 0 Å². The Balaban J connectivity index is 1.54. The van der Waals surface area contributed by atoms with E-state index in [1.807, 2.05) is 60.7 Å². The van der Waals surface area contributed by atoms with E-state index >= 15 is 0 Å². The van der Waals surface area contributed by atoms with Gasteiger partial charge in [0.25, 0.3) is 11.8 Å². The van der Waals surface area contributed by atoms with E-state index < -0.39 is 53.4 Å². The number of aliphatic hydroxyl groups is 1. The van der Waals surface area contributed by atoms with E-state index in [-0.39, 0.29) is 17.7 Å². The largest absolute Gasteiger partial charge is 0.377 e. The van der Waals surface area contributed by atoms with Gasteiger partial charge in [0.05, 0.1) is 24.3 Å². The maximum Gasteiger partial charge on any atom is 0.261 e. The van der Waals surface area contributed by atoms with E-state index in [0.717, 1.165) is 15.4 Å². The lowest BCUT2D eigenvalue weighted by atomic mass is 9.80. The highest BCUT2D eigenvalue weighted by molar-refractivity contribution is 7.99. The minimum atomic E-state index is -2.35. The smallest absolute Gasteiger partial charge is 0.261 e. The summed E-state index contributed by atoms with van der Waals surface area (Å²) in [7, 11) is 0. The molecule has 3 aromatic carbocycles. The van der Waals surface area contributed by atoms with Gasteiger partial charge in [-0.25, -0.2) is 0 Å². The Bertz CT molecular complexity index is 1430. The number of nitrogens with zero attached hydrogens (tertiary/aromatic N) is 4. The van der Waals surface area contributed by atoms with Crippen LogP contribution < -0.4 is 0 Å². The third kappa shape index (κ3) is 5.13. The first-order chi connectivity index (χ1) is 19.3. The second-order valence-electron chi connectivity index (χ2n) is 9.48. The van der Waals surface area contributed by atoms with Gasteiger partial charge < -0.3 is 14.6 Å². The summed E-state index contributed by atoms with van der Waals surface area (Å²) in [5, 5.41) is 15.9. The molecule has 0 aromatic heterocycles. The van der Waals surface area contributed by atoms with E-state index in [1.165, 1.54) is 18.7 Å². The van der Waals surface area contributed by atoms with Gasteiger partial charge in [0, 0.05) is 9.81 Å². The number of carbonyl (C=O) groups excluding carboxylic acids is 3. The van der Waals surface area contributed by atoms with Crippen molar-refractivity contribution in [2.75, 3.05) is 6.54 Å². The molecule has 1 fully saturated rings. The highest BCUT2D eigenvalue weighted by Crippen LogP contribution is 2.42. The number of imide groups is 1. The Kier molecular flexibility index (Phi) is 8.02. The number of rotatable bonds is 9. The molecule has 1 N–H and O–H groups in total. The van der Waals surface area contributed by atoms with E-state index in [4.69, 9.17) is 9.47 Å². The zero-order valence-corrected chi connectivity index (χ0v) is 22.3. The standard InChI is InChI=1S/C29H26N4O6S/c1-18(34)29(37)23(16-33-26(35)21-14-8-9-15-22(21)27(33)36)39-28(40-20-12-6-3-7-13-20)24(31-32-30)25(29)38-17-19-10-4-2-5-11-19/h2-15,23-25,28,37H,16-17H2,1H3/t23-,24-,25-,28+,29-/m1/s1. The number of amides is 2. The maximum atomic E-state index is 13.2. The molecule has 10 nitrogen and oxygen atoms in total. The Morgan fingerprint density at radius 3 is 2.17 bits per heavy atom. The maximum absolute atomic E-state index is 13.2. The highest BCUT2D eigenvalue weighted by Gasteiger charge is 2.60. The third-order valence-corrected chi connectivity index (χ3v) is 8.22. The lowest BCUT2D eigenvalue weighted by Gasteiger charge is -2.49. The monoisotopic (exact) mass is 558 g/mol. The second kappa shape index (κ2) is 11.6. The van der Waals surface area contributed by atoms with Crippen LogP contribution >= 0.6 is 11.8 Å². The van der Waals surface area contributed by atoms with Crippen molar-refractivity contribution in [1.29, 1.82) is 0 Å². The molecule has 204 valence electrons. The van der Waals surface area contributed by atoms with Crippen LogP contribution in [0.2, 0.25) is 0 Å². The van der Waals surface area contributed by atoms with Gasteiger partial charge in [-0.1, -0.05) is 77.5 Å². The molecule has 0 spiro atoms. The van der Waals surface area contributed by atoms with Crippen molar-refractivity contribution in [1.82, 2.24) is 4.90 Å². The minimum absolute atomic E-state index is 0.000998. The normalized spacial score (nSPS) is 25.8. The average molecular weight is 559 g/mol. The van der Waals surface area contributed by atoms with Crippen LogP contribution in [0.15, 0.2) is 94.9 Å². The predicted octanol–water partition coefficient (Wildman–Crippen LogP) is 4.38. The number of hydrogen-bond donors (Lipinski definition) is 1. The number of thioether (sulfide) groups is 1. The molecule has 40 heavy (non-hydrogen) atoms. The van der Waals surface area contributed by atoms with Crippen LogP contribution in [-0.2, 0) is 20.9 Å². The molecule has 1 saturated heterocycles. The Hall–Kier alpha value is -3.99. The summed E-state index contributed by atoms with van der Waals surface area (Å²) in [6.07, 6.45) is -2.73. The fourth-order valence-corrected chi connectivity index (χ4v) is 6.11. The van der Waals surface area contributed by atoms with Gasteiger partial charge in [-0.05, 0) is 42.3 Å². The highest BCUT2D eigenvalue weighted by atomic mass is 32.2. The molecule has 0 aliphatic carbocycles. The van der Waals surface area contributed by atoms with E-state index in [9.17, 15) is 25.0 Å². The lowest BCUT2D eigenvalue weighted by Crippen LogP contribution is -2.70. The van der Waals surface area contributed by atoms with Crippen LogP contribution in [0.1, 0.15) is 33.2 Å². The van der Waals surface area contributed by atoms with Crippen molar-refractivity contribution in [2.45, 2.75) is 47.7 Å². The number of carbonyl (C=O) groups is 3. The molecule has 2 aliphatic heterocycles. The Morgan fingerprint density at radius 2 is 1.60 bits per heavy atom. The molecular formula is C29H26N4O6S. The fourth-order valence-electron chi connectivity index (χ4n) is 5.00. The topological polar surface area (TPSA) is 142 Å². The number of benzene rings is 3. The van der Waals surface area contributed by atoms with Gasteiger partial charge in [-0.3, -0.25) is 19.3 Å². The molecule has 5 atom stereocenters. The van der Waals surface area contributed by atoms with Crippen LogP contribution in [0.5, 0.6) is 0 Å². The molecule has 2 heterocycles. The number of hydrogen-bond acceptors (Lipinski definition) is 8. The molecule has 0 unspecified atom stereocenters. The quantitative estimate of drug-likeness (QED) is 0.178. The first-order valence-corrected chi connectivity index (χ1v) is 13.5. The number of fused-ring (bicyclic) bond motifs is 1. The zero-order valence-electron chi connectivity index (χ0n) is 21.5. The molecule has 0 saturated carbocycles. The van der Waals surface area contributed by atoms with Gasteiger partial charge in [0.15, 0.2) is 11.4 Å². The van der Waals surface area contributed by atoms with Crippen molar-refractivity contribution < 1.29 is 29.0 Å². The fraction of sp³-hybridized carbons (Fsp3) is 0.276. The molecule has 2 amide bonds. The van der Waals surface area contributed by atoms with Crippen molar-refractivity contribution in [3.8, 4) is 0 Å². The second-order valence-corrected chi connectivity index (χ2v) is 10.7. The molecule has 11 heteroatoms. The van der Waals surface area contributed by atoms with Crippen LogP contribution in [-0.4, -0.2) is 63.4 Å². The predicted molar refractivity (Wildman–Crippen MR) is 146 cm³/mol. The van der Waals surface area contributed by atoms with Gasteiger partial charge in [-0.15, -0.1) is 0 Å². The number of Topliss-reactive ketones (excluding diaryl/α,β-unsaturated/α-hetero) is 1. The molecular weight excluding hydrogens is 532 g/mol. The molecule has 0 radical (unpaired) electrons. The molecule has 0 bridgehead atoms. The van der Waals surface area contributed by atoms with Crippen molar-refractivity contribution in [3.05, 3.63) is 112 Å². The first kappa shape index (κ1) is 27.6. The van der Waals surface area contributed by atoms with E-state index in [1.54, 1.807) is 24.3 Å². The Labute approximate surface area is 234 Å².